The molecule has 0 atom stereocenters. The van der Waals surface area contributed by atoms with Crippen LogP contribution >= 0.6 is 0 Å². The van der Waals surface area contributed by atoms with Crippen LogP contribution in [-0.2, 0) is 12.8 Å². The molecule has 0 saturated heterocycles. The first-order valence-corrected chi connectivity index (χ1v) is 6.72. The fourth-order valence-electron chi connectivity index (χ4n) is 2.19. The van der Waals surface area contributed by atoms with Crippen LogP contribution in [0.4, 0.5) is 5.82 Å². The molecular formula is C14H24N4. The zero-order chi connectivity index (χ0) is 13.0. The standard InChI is InChI=1S/C14H24N4/c1-17(2)10-11-18(3)14-5-4-12-6-8-15-9-7-13(12)16-14/h4-5,15H,6-11H2,1-3H3. The molecule has 0 radical (unpaired) electrons. The second-order valence-corrected chi connectivity index (χ2v) is 5.25. The van der Waals surface area contributed by atoms with Crippen molar-refractivity contribution in [3.8, 4) is 0 Å². The monoisotopic (exact) mass is 248 g/mol. The molecule has 0 unspecified atom stereocenters. The predicted molar refractivity (Wildman–Crippen MR) is 76.3 cm³/mol. The Bertz CT molecular complexity index is 389. The van der Waals surface area contributed by atoms with Crippen molar-refractivity contribution in [2.45, 2.75) is 12.8 Å². The lowest BCUT2D eigenvalue weighted by molar-refractivity contribution is 0.416. The molecule has 4 nitrogen and oxygen atoms in total. The van der Waals surface area contributed by atoms with Gasteiger partial charge >= 0.3 is 0 Å². The van der Waals surface area contributed by atoms with E-state index in [9.17, 15) is 0 Å². The molecule has 0 bridgehead atoms. The van der Waals surface area contributed by atoms with Crippen molar-refractivity contribution in [2.75, 3.05) is 52.2 Å². The highest BCUT2D eigenvalue weighted by Gasteiger charge is 2.11. The van der Waals surface area contributed by atoms with E-state index in [1.54, 1.807) is 0 Å². The molecule has 0 spiro atoms. The molecule has 1 N–H and O–H groups in total. The van der Waals surface area contributed by atoms with Crippen LogP contribution in [-0.4, -0.2) is 57.2 Å². The van der Waals surface area contributed by atoms with Gasteiger partial charge in [0.1, 0.15) is 5.82 Å². The lowest BCUT2D eigenvalue weighted by Gasteiger charge is -2.21. The van der Waals surface area contributed by atoms with Crippen molar-refractivity contribution in [3.05, 3.63) is 23.4 Å². The first-order chi connectivity index (χ1) is 8.66. The zero-order valence-electron chi connectivity index (χ0n) is 11.7. The topological polar surface area (TPSA) is 31.4 Å². The van der Waals surface area contributed by atoms with Crippen LogP contribution < -0.4 is 10.2 Å². The van der Waals surface area contributed by atoms with Gasteiger partial charge in [0, 0.05) is 38.8 Å². The largest absolute Gasteiger partial charge is 0.358 e. The van der Waals surface area contributed by atoms with Crippen LogP contribution in [0, 0.1) is 0 Å². The average molecular weight is 248 g/mol. The van der Waals surface area contributed by atoms with Crippen molar-refractivity contribution in [1.82, 2.24) is 15.2 Å². The highest BCUT2D eigenvalue weighted by atomic mass is 15.2. The summed E-state index contributed by atoms with van der Waals surface area (Å²) in [7, 11) is 6.32. The lowest BCUT2D eigenvalue weighted by Crippen LogP contribution is -2.29. The summed E-state index contributed by atoms with van der Waals surface area (Å²) < 4.78 is 0. The number of anilines is 1. The Hall–Kier alpha value is -1.13. The van der Waals surface area contributed by atoms with E-state index in [1.807, 2.05) is 0 Å². The van der Waals surface area contributed by atoms with E-state index in [0.29, 0.717) is 0 Å². The predicted octanol–water partition coefficient (Wildman–Crippen LogP) is 0.768. The van der Waals surface area contributed by atoms with Crippen LogP contribution in [0.2, 0.25) is 0 Å². The number of nitrogens with zero attached hydrogens (tertiary/aromatic N) is 3. The number of fused-ring (bicyclic) bond motifs is 1. The summed E-state index contributed by atoms with van der Waals surface area (Å²) >= 11 is 0. The highest BCUT2D eigenvalue weighted by molar-refractivity contribution is 5.41. The first kappa shape index (κ1) is 13.3. The zero-order valence-corrected chi connectivity index (χ0v) is 11.7. The van der Waals surface area contributed by atoms with Crippen molar-refractivity contribution >= 4 is 5.82 Å². The van der Waals surface area contributed by atoms with Crippen LogP contribution in [0.1, 0.15) is 11.3 Å². The minimum Gasteiger partial charge on any atom is -0.358 e. The minimum atomic E-state index is 1.01. The van der Waals surface area contributed by atoms with Crippen molar-refractivity contribution < 1.29 is 0 Å². The van der Waals surface area contributed by atoms with E-state index in [-0.39, 0.29) is 0 Å². The molecular weight excluding hydrogens is 224 g/mol. The van der Waals surface area contributed by atoms with E-state index in [0.717, 1.165) is 44.8 Å². The molecule has 1 aliphatic rings. The minimum absolute atomic E-state index is 1.01. The number of hydrogen-bond donors (Lipinski definition) is 1. The molecule has 1 aromatic heterocycles. The number of hydrogen-bond acceptors (Lipinski definition) is 4. The van der Waals surface area contributed by atoms with Crippen LogP contribution in [0.15, 0.2) is 12.1 Å². The number of rotatable bonds is 4. The van der Waals surface area contributed by atoms with Gasteiger partial charge in [-0.2, -0.15) is 0 Å². The third-order valence-corrected chi connectivity index (χ3v) is 3.44. The Labute approximate surface area is 110 Å². The van der Waals surface area contributed by atoms with Gasteiger partial charge in [0.25, 0.3) is 0 Å². The van der Waals surface area contributed by atoms with E-state index < -0.39 is 0 Å². The SMILES string of the molecule is CN(C)CCN(C)c1ccc2c(n1)CCNCC2. The Kier molecular flexibility index (Phi) is 4.55. The quantitative estimate of drug-likeness (QED) is 0.853. The van der Waals surface area contributed by atoms with Gasteiger partial charge in [-0.05, 0) is 38.7 Å². The Morgan fingerprint density at radius 3 is 2.67 bits per heavy atom. The molecule has 1 aromatic rings. The summed E-state index contributed by atoms with van der Waals surface area (Å²) in [6.07, 6.45) is 2.15. The summed E-state index contributed by atoms with van der Waals surface area (Å²) in [5.74, 6) is 1.09. The fraction of sp³-hybridized carbons (Fsp3) is 0.643. The maximum atomic E-state index is 4.82. The number of aromatic nitrogens is 1. The molecule has 4 heteroatoms. The van der Waals surface area contributed by atoms with Crippen LogP contribution in [0.25, 0.3) is 0 Å². The van der Waals surface area contributed by atoms with Gasteiger partial charge in [0.15, 0.2) is 0 Å². The maximum Gasteiger partial charge on any atom is 0.128 e. The normalized spacial score (nSPS) is 15.3. The smallest absolute Gasteiger partial charge is 0.128 e. The van der Waals surface area contributed by atoms with Gasteiger partial charge in [0.05, 0.1) is 0 Å². The van der Waals surface area contributed by atoms with Crippen molar-refractivity contribution in [1.29, 1.82) is 0 Å². The van der Waals surface area contributed by atoms with E-state index >= 15 is 0 Å². The summed E-state index contributed by atoms with van der Waals surface area (Å²) in [5, 5.41) is 3.42. The Morgan fingerprint density at radius 1 is 1.11 bits per heavy atom. The Balaban J connectivity index is 2.07. The molecule has 100 valence electrons. The third-order valence-electron chi connectivity index (χ3n) is 3.44. The molecule has 0 aromatic carbocycles. The van der Waals surface area contributed by atoms with Crippen LogP contribution in [0.5, 0.6) is 0 Å². The second kappa shape index (κ2) is 6.16. The molecule has 1 aliphatic heterocycles. The van der Waals surface area contributed by atoms with Crippen LogP contribution in [0.3, 0.4) is 0 Å². The molecule has 2 rings (SSSR count). The van der Waals surface area contributed by atoms with Gasteiger partial charge < -0.3 is 15.1 Å². The average Bonchev–Trinajstić information content (AvgIpc) is 2.60. The Morgan fingerprint density at radius 2 is 1.89 bits per heavy atom. The second-order valence-electron chi connectivity index (χ2n) is 5.25. The maximum absolute atomic E-state index is 4.82. The van der Waals surface area contributed by atoms with E-state index in [1.165, 1.54) is 11.3 Å². The van der Waals surface area contributed by atoms with Gasteiger partial charge in [-0.15, -0.1) is 0 Å². The van der Waals surface area contributed by atoms with Gasteiger partial charge in [0.2, 0.25) is 0 Å². The number of nitrogens with one attached hydrogen (secondary N) is 1. The van der Waals surface area contributed by atoms with Gasteiger partial charge in [-0.1, -0.05) is 6.07 Å². The highest BCUT2D eigenvalue weighted by Crippen LogP contribution is 2.16. The van der Waals surface area contributed by atoms with E-state index in [2.05, 4.69) is 48.4 Å². The summed E-state index contributed by atoms with van der Waals surface area (Å²) in [6.45, 7) is 4.18. The van der Waals surface area contributed by atoms with Gasteiger partial charge in [-0.25, -0.2) is 4.98 Å². The van der Waals surface area contributed by atoms with Gasteiger partial charge in [-0.3, -0.25) is 0 Å². The molecule has 2 heterocycles. The van der Waals surface area contributed by atoms with Crippen molar-refractivity contribution in [2.24, 2.45) is 0 Å². The first-order valence-electron chi connectivity index (χ1n) is 6.72. The number of likely N-dealkylation sites (N-methyl/N-ethyl adjacent to an activating group) is 2. The lowest BCUT2D eigenvalue weighted by atomic mass is 10.1. The molecule has 0 fully saturated rings. The van der Waals surface area contributed by atoms with Crippen molar-refractivity contribution in [3.63, 3.8) is 0 Å². The summed E-state index contributed by atoms with van der Waals surface area (Å²) in [6, 6.07) is 4.40. The molecule has 0 amide bonds. The molecule has 0 saturated carbocycles. The number of pyridine rings is 1. The summed E-state index contributed by atoms with van der Waals surface area (Å²) in [5.41, 5.74) is 2.68. The van der Waals surface area contributed by atoms with E-state index in [4.69, 9.17) is 4.98 Å². The third kappa shape index (κ3) is 3.43. The molecule has 0 aliphatic carbocycles. The molecule has 18 heavy (non-hydrogen) atoms. The fourth-order valence-corrected chi connectivity index (χ4v) is 2.19. The summed E-state index contributed by atoms with van der Waals surface area (Å²) in [4.78, 5) is 9.25.